The van der Waals surface area contributed by atoms with E-state index in [4.69, 9.17) is 4.42 Å². The fourth-order valence-electron chi connectivity index (χ4n) is 4.30. The SMILES string of the molecule is N#Cc1c(NC(=O)CSc2nnc3ccc4ccccc4n23)oc(-c2ccccc2)c1-c1ccccc1. The molecule has 37 heavy (non-hydrogen) atoms. The second-order valence-corrected chi connectivity index (χ2v) is 9.20. The molecule has 0 spiro atoms. The predicted molar refractivity (Wildman–Crippen MR) is 144 cm³/mol. The van der Waals surface area contributed by atoms with E-state index in [0.717, 1.165) is 22.0 Å². The highest BCUT2D eigenvalue weighted by molar-refractivity contribution is 7.99. The molecule has 0 atom stereocenters. The number of aromatic nitrogens is 3. The molecule has 0 radical (unpaired) electrons. The number of benzene rings is 3. The fraction of sp³-hybridized carbons (Fsp3) is 0.0345. The van der Waals surface area contributed by atoms with Crippen molar-refractivity contribution >= 4 is 40.1 Å². The van der Waals surface area contributed by atoms with Crippen molar-refractivity contribution in [1.82, 2.24) is 14.6 Å². The number of amides is 1. The Morgan fingerprint density at radius 3 is 2.35 bits per heavy atom. The van der Waals surface area contributed by atoms with E-state index in [0.29, 0.717) is 22.1 Å². The summed E-state index contributed by atoms with van der Waals surface area (Å²) in [6.45, 7) is 0. The molecular weight excluding hydrogens is 482 g/mol. The minimum atomic E-state index is -0.313. The topological polar surface area (TPSA) is 96.2 Å². The van der Waals surface area contributed by atoms with Gasteiger partial charge >= 0.3 is 0 Å². The van der Waals surface area contributed by atoms with Gasteiger partial charge in [0.25, 0.3) is 0 Å². The number of nitrogens with one attached hydrogen (secondary N) is 1. The van der Waals surface area contributed by atoms with E-state index in [1.807, 2.05) is 101 Å². The quantitative estimate of drug-likeness (QED) is 0.265. The van der Waals surface area contributed by atoms with Crippen molar-refractivity contribution in [2.45, 2.75) is 5.16 Å². The summed E-state index contributed by atoms with van der Waals surface area (Å²) in [6.07, 6.45) is 0. The highest BCUT2D eigenvalue weighted by Gasteiger charge is 2.24. The molecule has 0 aliphatic carbocycles. The Kier molecular flexibility index (Phi) is 5.89. The third kappa shape index (κ3) is 4.22. The van der Waals surface area contributed by atoms with Gasteiger partial charge in [0.15, 0.2) is 10.8 Å². The van der Waals surface area contributed by atoms with Gasteiger partial charge in [-0.2, -0.15) is 5.26 Å². The molecule has 3 aromatic heterocycles. The molecule has 0 bridgehead atoms. The minimum Gasteiger partial charge on any atom is -0.438 e. The second-order valence-electron chi connectivity index (χ2n) is 8.26. The number of para-hydroxylation sites is 1. The minimum absolute atomic E-state index is 0.0664. The first-order valence-corrected chi connectivity index (χ1v) is 12.5. The number of nitriles is 1. The lowest BCUT2D eigenvalue weighted by atomic mass is 9.98. The summed E-state index contributed by atoms with van der Waals surface area (Å²) in [7, 11) is 0. The number of nitrogens with zero attached hydrogens (tertiary/aromatic N) is 4. The van der Waals surface area contributed by atoms with Crippen molar-refractivity contribution in [3.05, 3.63) is 103 Å². The van der Waals surface area contributed by atoms with Crippen molar-refractivity contribution in [2.75, 3.05) is 11.1 Å². The van der Waals surface area contributed by atoms with Gasteiger partial charge in [-0.1, -0.05) is 90.6 Å². The smallest absolute Gasteiger partial charge is 0.237 e. The molecule has 0 unspecified atom stereocenters. The monoisotopic (exact) mass is 501 g/mol. The fourth-order valence-corrected chi connectivity index (χ4v) is 5.05. The Balaban J connectivity index is 1.31. The van der Waals surface area contributed by atoms with Gasteiger partial charge in [-0.25, -0.2) is 0 Å². The van der Waals surface area contributed by atoms with Gasteiger partial charge in [0.1, 0.15) is 17.4 Å². The first-order chi connectivity index (χ1) is 18.2. The second kappa shape index (κ2) is 9.64. The first-order valence-electron chi connectivity index (χ1n) is 11.6. The molecule has 7 nitrogen and oxygen atoms in total. The molecule has 0 aliphatic heterocycles. The van der Waals surface area contributed by atoms with Crippen molar-refractivity contribution in [3.8, 4) is 28.5 Å². The average molecular weight is 502 g/mol. The van der Waals surface area contributed by atoms with Crippen LogP contribution in [-0.2, 0) is 4.79 Å². The van der Waals surface area contributed by atoms with Crippen LogP contribution >= 0.6 is 11.8 Å². The first kappa shape index (κ1) is 22.6. The molecule has 3 heterocycles. The number of pyridine rings is 1. The molecule has 0 fully saturated rings. The lowest BCUT2D eigenvalue weighted by molar-refractivity contribution is -0.113. The number of carbonyl (C=O) groups is 1. The van der Waals surface area contributed by atoms with Crippen LogP contribution in [0.4, 0.5) is 5.88 Å². The summed E-state index contributed by atoms with van der Waals surface area (Å²) in [4.78, 5) is 13.0. The molecule has 0 aliphatic rings. The number of rotatable bonds is 6. The molecule has 6 aromatic rings. The van der Waals surface area contributed by atoms with E-state index in [-0.39, 0.29) is 23.1 Å². The largest absolute Gasteiger partial charge is 0.438 e. The summed E-state index contributed by atoms with van der Waals surface area (Å²) in [6, 6.07) is 33.2. The van der Waals surface area contributed by atoms with E-state index in [9.17, 15) is 10.1 Å². The van der Waals surface area contributed by atoms with Crippen LogP contribution in [0.2, 0.25) is 0 Å². The van der Waals surface area contributed by atoms with Crippen molar-refractivity contribution in [1.29, 1.82) is 5.26 Å². The molecule has 0 saturated carbocycles. The third-order valence-electron chi connectivity index (χ3n) is 5.95. The van der Waals surface area contributed by atoms with Crippen LogP contribution in [0.1, 0.15) is 5.56 Å². The van der Waals surface area contributed by atoms with Crippen molar-refractivity contribution < 1.29 is 9.21 Å². The number of carbonyl (C=O) groups excluding carboxylic acids is 1. The van der Waals surface area contributed by atoms with Crippen LogP contribution in [0.25, 0.3) is 39.0 Å². The maximum atomic E-state index is 13.0. The highest BCUT2D eigenvalue weighted by Crippen LogP contribution is 2.41. The Labute approximate surface area is 216 Å². The zero-order valence-corrected chi connectivity index (χ0v) is 20.3. The van der Waals surface area contributed by atoms with Crippen LogP contribution in [0, 0.1) is 11.3 Å². The Hall–Kier alpha value is -4.87. The van der Waals surface area contributed by atoms with E-state index < -0.39 is 0 Å². The van der Waals surface area contributed by atoms with Gasteiger partial charge in [-0.15, -0.1) is 10.2 Å². The van der Waals surface area contributed by atoms with E-state index in [1.165, 1.54) is 11.8 Å². The maximum absolute atomic E-state index is 13.0. The number of hydrogen-bond acceptors (Lipinski definition) is 6. The lowest BCUT2D eigenvalue weighted by Gasteiger charge is -2.05. The normalized spacial score (nSPS) is 11.0. The van der Waals surface area contributed by atoms with E-state index >= 15 is 0 Å². The zero-order valence-electron chi connectivity index (χ0n) is 19.5. The van der Waals surface area contributed by atoms with Crippen LogP contribution in [0.5, 0.6) is 0 Å². The van der Waals surface area contributed by atoms with Gasteiger partial charge < -0.3 is 4.42 Å². The third-order valence-corrected chi connectivity index (χ3v) is 6.88. The molecule has 8 heteroatoms. The Bertz CT molecular complexity index is 1790. The van der Waals surface area contributed by atoms with Gasteiger partial charge in [0.05, 0.1) is 11.3 Å². The summed E-state index contributed by atoms with van der Waals surface area (Å²) in [5.74, 6) is 0.409. The van der Waals surface area contributed by atoms with Crippen LogP contribution in [0.3, 0.4) is 0 Å². The zero-order chi connectivity index (χ0) is 25.2. The van der Waals surface area contributed by atoms with E-state index in [2.05, 4.69) is 21.6 Å². The lowest BCUT2D eigenvalue weighted by Crippen LogP contribution is -2.14. The molecule has 1 amide bonds. The summed E-state index contributed by atoms with van der Waals surface area (Å²) in [5, 5.41) is 23.0. The van der Waals surface area contributed by atoms with Crippen molar-refractivity contribution in [2.24, 2.45) is 0 Å². The summed E-state index contributed by atoms with van der Waals surface area (Å²) in [5.41, 5.74) is 4.24. The Morgan fingerprint density at radius 1 is 0.892 bits per heavy atom. The molecular formula is C29H19N5O2S. The number of furan rings is 1. The van der Waals surface area contributed by atoms with Gasteiger partial charge in [-0.3, -0.25) is 14.5 Å². The molecule has 6 rings (SSSR count). The average Bonchev–Trinajstić information content (AvgIpc) is 3.54. The van der Waals surface area contributed by atoms with Crippen LogP contribution in [-0.4, -0.2) is 26.3 Å². The highest BCUT2D eigenvalue weighted by atomic mass is 32.2. The standard InChI is InChI=1S/C29H19N5O2S/c30-17-22-26(20-10-3-1-4-11-20)27(21-12-5-2-6-13-21)36-28(22)31-25(35)18-37-29-33-32-24-16-15-19-9-7-8-14-23(19)34(24)29/h1-16H,18H2,(H,31,35). The molecule has 3 aromatic carbocycles. The maximum Gasteiger partial charge on any atom is 0.237 e. The number of thioether (sulfide) groups is 1. The molecule has 0 saturated heterocycles. The predicted octanol–water partition coefficient (Wildman–Crippen LogP) is 6.41. The molecule has 1 N–H and O–H groups in total. The van der Waals surface area contributed by atoms with Crippen LogP contribution in [0.15, 0.2) is 107 Å². The Morgan fingerprint density at radius 2 is 1.59 bits per heavy atom. The van der Waals surface area contributed by atoms with Gasteiger partial charge in [0, 0.05) is 11.1 Å². The van der Waals surface area contributed by atoms with Crippen molar-refractivity contribution in [3.63, 3.8) is 0 Å². The number of hydrogen-bond donors (Lipinski definition) is 1. The van der Waals surface area contributed by atoms with Gasteiger partial charge in [-0.05, 0) is 29.1 Å². The number of anilines is 1. The molecule has 178 valence electrons. The van der Waals surface area contributed by atoms with E-state index in [1.54, 1.807) is 0 Å². The summed E-state index contributed by atoms with van der Waals surface area (Å²) < 4.78 is 8.05. The van der Waals surface area contributed by atoms with Gasteiger partial charge in [0.2, 0.25) is 11.8 Å². The summed E-state index contributed by atoms with van der Waals surface area (Å²) >= 11 is 1.27. The van der Waals surface area contributed by atoms with Crippen LogP contribution < -0.4 is 5.32 Å². The number of fused-ring (bicyclic) bond motifs is 3.